The van der Waals surface area contributed by atoms with Crippen molar-refractivity contribution in [2.45, 2.75) is 13.1 Å². The second kappa shape index (κ2) is 4.55. The van der Waals surface area contributed by atoms with Crippen molar-refractivity contribution in [2.24, 2.45) is 5.73 Å². The summed E-state index contributed by atoms with van der Waals surface area (Å²) >= 11 is 0. The summed E-state index contributed by atoms with van der Waals surface area (Å²) in [4.78, 5) is 8.05. The highest BCUT2D eigenvalue weighted by molar-refractivity contribution is 5.25. The number of rotatable bonds is 3. The second-order valence-corrected chi connectivity index (χ2v) is 3.34. The van der Waals surface area contributed by atoms with Gasteiger partial charge in [-0.1, -0.05) is 0 Å². The molecule has 5 heteroatoms. The number of imidazole rings is 1. The zero-order valence-electron chi connectivity index (χ0n) is 8.67. The average molecular weight is 213 g/mol. The predicted molar refractivity (Wildman–Crippen MR) is 58.2 cm³/mol. The Balaban J connectivity index is 2.24. The predicted octanol–water partition coefficient (Wildman–Crippen LogP) is 0.657. The first kappa shape index (κ1) is 10.3. The largest absolute Gasteiger partial charge is 0.329 e. The summed E-state index contributed by atoms with van der Waals surface area (Å²) in [7, 11) is 0. The molecule has 16 heavy (non-hydrogen) atoms. The highest BCUT2D eigenvalue weighted by Gasteiger charge is 2.02. The van der Waals surface area contributed by atoms with Crippen LogP contribution in [0.2, 0.25) is 0 Å². The monoisotopic (exact) mass is 213 g/mol. The van der Waals surface area contributed by atoms with E-state index in [9.17, 15) is 0 Å². The minimum atomic E-state index is 0.406. The zero-order valence-corrected chi connectivity index (χ0v) is 8.67. The van der Waals surface area contributed by atoms with Gasteiger partial charge in [0.15, 0.2) is 0 Å². The average Bonchev–Trinajstić information content (AvgIpc) is 2.76. The lowest BCUT2D eigenvalue weighted by Gasteiger charge is -2.06. The van der Waals surface area contributed by atoms with Crippen LogP contribution < -0.4 is 5.73 Å². The summed E-state index contributed by atoms with van der Waals surface area (Å²) in [5.74, 6) is 0.829. The van der Waals surface area contributed by atoms with Crippen LogP contribution in [0.1, 0.15) is 17.1 Å². The van der Waals surface area contributed by atoms with Gasteiger partial charge in [-0.2, -0.15) is 5.26 Å². The fourth-order valence-corrected chi connectivity index (χ4v) is 1.50. The molecule has 0 aliphatic heterocycles. The van der Waals surface area contributed by atoms with E-state index in [-0.39, 0.29) is 0 Å². The molecule has 0 bridgehead atoms. The molecule has 0 spiro atoms. The van der Waals surface area contributed by atoms with Crippen LogP contribution in [0.25, 0.3) is 0 Å². The van der Waals surface area contributed by atoms with E-state index in [0.717, 1.165) is 11.4 Å². The Bertz CT molecular complexity index is 523. The third-order valence-electron chi connectivity index (χ3n) is 2.28. The fraction of sp³-hybridized carbons (Fsp3) is 0.182. The van der Waals surface area contributed by atoms with Gasteiger partial charge in [0.2, 0.25) is 0 Å². The van der Waals surface area contributed by atoms with E-state index in [1.165, 1.54) is 0 Å². The quantitative estimate of drug-likeness (QED) is 0.812. The zero-order chi connectivity index (χ0) is 11.4. The molecule has 2 aromatic rings. The van der Waals surface area contributed by atoms with Crippen LogP contribution in [0.3, 0.4) is 0 Å². The molecule has 5 nitrogen and oxygen atoms in total. The van der Waals surface area contributed by atoms with Gasteiger partial charge in [-0.25, -0.2) is 9.97 Å². The van der Waals surface area contributed by atoms with Gasteiger partial charge < -0.3 is 10.3 Å². The number of pyridine rings is 1. The van der Waals surface area contributed by atoms with Crippen LogP contribution in [-0.4, -0.2) is 14.5 Å². The maximum atomic E-state index is 8.74. The first-order chi connectivity index (χ1) is 7.83. The number of aromatic nitrogens is 3. The van der Waals surface area contributed by atoms with Gasteiger partial charge in [0, 0.05) is 25.1 Å². The van der Waals surface area contributed by atoms with Gasteiger partial charge in [-0.15, -0.1) is 0 Å². The summed E-state index contributed by atoms with van der Waals surface area (Å²) in [6.45, 7) is 1.06. The van der Waals surface area contributed by atoms with Gasteiger partial charge in [-0.05, 0) is 17.7 Å². The molecule has 0 fully saturated rings. The topological polar surface area (TPSA) is 80.5 Å². The Morgan fingerprint density at radius 1 is 1.38 bits per heavy atom. The molecular formula is C11H11N5. The molecule has 0 saturated carbocycles. The van der Waals surface area contributed by atoms with Gasteiger partial charge in [-0.3, -0.25) is 0 Å². The molecule has 0 saturated heterocycles. The third kappa shape index (κ3) is 2.07. The highest BCUT2D eigenvalue weighted by Crippen LogP contribution is 2.06. The van der Waals surface area contributed by atoms with E-state index >= 15 is 0 Å². The molecule has 2 N–H and O–H groups in total. The standard InChI is InChI=1S/C11H11N5/c12-6-10-5-9(1-2-14-10)8-16-4-3-15-11(16)7-13/h1-5H,7-8,13H2. The number of nitriles is 1. The van der Waals surface area contributed by atoms with Crippen molar-refractivity contribution in [3.8, 4) is 6.07 Å². The number of hydrogen-bond acceptors (Lipinski definition) is 4. The molecule has 2 aromatic heterocycles. The van der Waals surface area contributed by atoms with Crippen molar-refractivity contribution in [1.29, 1.82) is 5.26 Å². The van der Waals surface area contributed by atoms with Crippen molar-refractivity contribution in [3.05, 3.63) is 47.8 Å². The SMILES string of the molecule is N#Cc1cc(Cn2ccnc2CN)ccn1. The molecule has 0 aromatic carbocycles. The van der Waals surface area contributed by atoms with E-state index in [0.29, 0.717) is 18.8 Å². The summed E-state index contributed by atoms with van der Waals surface area (Å²) in [6, 6.07) is 5.66. The number of nitrogens with zero attached hydrogens (tertiary/aromatic N) is 4. The summed E-state index contributed by atoms with van der Waals surface area (Å²) in [6.07, 6.45) is 5.22. The van der Waals surface area contributed by atoms with E-state index in [1.807, 2.05) is 22.9 Å². The van der Waals surface area contributed by atoms with Crippen LogP contribution in [0.15, 0.2) is 30.7 Å². The molecule has 2 heterocycles. The van der Waals surface area contributed by atoms with Crippen molar-refractivity contribution < 1.29 is 0 Å². The van der Waals surface area contributed by atoms with E-state index < -0.39 is 0 Å². The maximum Gasteiger partial charge on any atom is 0.140 e. The van der Waals surface area contributed by atoms with Gasteiger partial charge in [0.25, 0.3) is 0 Å². The lowest BCUT2D eigenvalue weighted by Crippen LogP contribution is -2.09. The van der Waals surface area contributed by atoms with Crippen LogP contribution in [0.4, 0.5) is 0 Å². The molecule has 0 amide bonds. The normalized spacial score (nSPS) is 10.0. The van der Waals surface area contributed by atoms with Crippen LogP contribution >= 0.6 is 0 Å². The second-order valence-electron chi connectivity index (χ2n) is 3.34. The van der Waals surface area contributed by atoms with E-state index in [4.69, 9.17) is 11.0 Å². The molecule has 80 valence electrons. The highest BCUT2D eigenvalue weighted by atomic mass is 15.1. The van der Waals surface area contributed by atoms with Gasteiger partial charge in [0.05, 0.1) is 6.54 Å². The van der Waals surface area contributed by atoms with Crippen LogP contribution in [-0.2, 0) is 13.1 Å². The van der Waals surface area contributed by atoms with Gasteiger partial charge >= 0.3 is 0 Å². The first-order valence-electron chi connectivity index (χ1n) is 4.88. The Morgan fingerprint density at radius 2 is 2.25 bits per heavy atom. The minimum Gasteiger partial charge on any atom is -0.329 e. The molecule has 0 radical (unpaired) electrons. The lowest BCUT2D eigenvalue weighted by atomic mass is 10.2. The smallest absolute Gasteiger partial charge is 0.140 e. The molecule has 0 aliphatic carbocycles. The van der Waals surface area contributed by atoms with Crippen molar-refractivity contribution in [2.75, 3.05) is 0 Å². The molecule has 0 atom stereocenters. The summed E-state index contributed by atoms with van der Waals surface area (Å²) in [5, 5.41) is 8.74. The Labute approximate surface area is 93.2 Å². The van der Waals surface area contributed by atoms with Crippen LogP contribution in [0.5, 0.6) is 0 Å². The summed E-state index contributed by atoms with van der Waals surface area (Å²) < 4.78 is 1.95. The van der Waals surface area contributed by atoms with Crippen molar-refractivity contribution in [3.63, 3.8) is 0 Å². The molecule has 0 aliphatic rings. The number of hydrogen-bond donors (Lipinski definition) is 1. The van der Waals surface area contributed by atoms with Crippen LogP contribution in [0, 0.1) is 11.3 Å². The fourth-order valence-electron chi connectivity index (χ4n) is 1.50. The summed E-state index contributed by atoms with van der Waals surface area (Å²) in [5.41, 5.74) is 6.99. The molecule has 0 unspecified atom stereocenters. The molecular weight excluding hydrogens is 202 g/mol. The Kier molecular flexibility index (Phi) is 2.94. The van der Waals surface area contributed by atoms with E-state index in [2.05, 4.69) is 9.97 Å². The maximum absolute atomic E-state index is 8.74. The van der Waals surface area contributed by atoms with Crippen molar-refractivity contribution >= 4 is 0 Å². The third-order valence-corrected chi connectivity index (χ3v) is 2.28. The van der Waals surface area contributed by atoms with Crippen molar-refractivity contribution in [1.82, 2.24) is 14.5 Å². The van der Waals surface area contributed by atoms with Gasteiger partial charge in [0.1, 0.15) is 17.6 Å². The molecule has 2 rings (SSSR count). The first-order valence-corrected chi connectivity index (χ1v) is 4.88. The Hall–Kier alpha value is -2.19. The minimum absolute atomic E-state index is 0.406. The van der Waals surface area contributed by atoms with E-state index in [1.54, 1.807) is 18.5 Å². The lowest BCUT2D eigenvalue weighted by molar-refractivity contribution is 0.723. The number of nitrogens with two attached hydrogens (primary N) is 1. The Morgan fingerprint density at radius 3 is 3.00 bits per heavy atom.